The van der Waals surface area contributed by atoms with Crippen molar-refractivity contribution in [2.45, 2.75) is 64.1 Å². The molecule has 1 atom stereocenters. The topological polar surface area (TPSA) is 38.5 Å². The molecule has 1 aliphatic carbocycles. The second-order valence-electron chi connectivity index (χ2n) is 5.11. The Morgan fingerprint density at radius 3 is 2.44 bits per heavy atom. The van der Waals surface area contributed by atoms with E-state index < -0.39 is 0 Å². The fourth-order valence-electron chi connectivity index (χ4n) is 2.79. The molecule has 1 saturated carbocycles. The van der Waals surface area contributed by atoms with E-state index in [0.717, 1.165) is 12.6 Å². The maximum absolute atomic E-state index is 5.96. The van der Waals surface area contributed by atoms with Crippen molar-refractivity contribution in [2.24, 2.45) is 5.73 Å². The average molecular weight is 228 g/mol. The van der Waals surface area contributed by atoms with Crippen LogP contribution in [0.3, 0.4) is 0 Å². The van der Waals surface area contributed by atoms with Gasteiger partial charge in [-0.25, -0.2) is 0 Å². The molecule has 0 heterocycles. The molecule has 2 N–H and O–H groups in total. The Morgan fingerprint density at radius 2 is 1.94 bits per heavy atom. The lowest BCUT2D eigenvalue weighted by Gasteiger charge is -2.39. The smallest absolute Gasteiger partial charge is 0.0615 e. The van der Waals surface area contributed by atoms with Crippen LogP contribution in [0.4, 0.5) is 0 Å². The maximum Gasteiger partial charge on any atom is 0.0615 e. The summed E-state index contributed by atoms with van der Waals surface area (Å²) < 4.78 is 5.28. The van der Waals surface area contributed by atoms with Crippen LogP contribution < -0.4 is 5.73 Å². The Morgan fingerprint density at radius 1 is 1.31 bits per heavy atom. The predicted octanol–water partition coefficient (Wildman–Crippen LogP) is 2.00. The SMILES string of the molecule is CCCN(C(C)COC)C1CCC(N)CC1. The summed E-state index contributed by atoms with van der Waals surface area (Å²) in [5.74, 6) is 0. The van der Waals surface area contributed by atoms with E-state index in [2.05, 4.69) is 18.7 Å². The molecule has 0 aliphatic heterocycles. The van der Waals surface area contributed by atoms with E-state index >= 15 is 0 Å². The summed E-state index contributed by atoms with van der Waals surface area (Å²) >= 11 is 0. The molecule has 0 aromatic rings. The van der Waals surface area contributed by atoms with Crippen LogP contribution in [0.25, 0.3) is 0 Å². The van der Waals surface area contributed by atoms with Crippen molar-refractivity contribution in [3.8, 4) is 0 Å². The van der Waals surface area contributed by atoms with Crippen molar-refractivity contribution in [1.29, 1.82) is 0 Å². The number of hydrogen-bond acceptors (Lipinski definition) is 3. The Kier molecular flexibility index (Phi) is 6.32. The fraction of sp³-hybridized carbons (Fsp3) is 1.00. The van der Waals surface area contributed by atoms with Gasteiger partial charge in [0.15, 0.2) is 0 Å². The summed E-state index contributed by atoms with van der Waals surface area (Å²) in [5, 5.41) is 0. The Balaban J connectivity index is 2.48. The first-order valence-corrected chi connectivity index (χ1v) is 6.69. The molecule has 1 unspecified atom stereocenters. The van der Waals surface area contributed by atoms with Gasteiger partial charge in [-0.15, -0.1) is 0 Å². The quantitative estimate of drug-likeness (QED) is 0.756. The van der Waals surface area contributed by atoms with Gasteiger partial charge in [0.05, 0.1) is 6.61 Å². The van der Waals surface area contributed by atoms with Crippen LogP contribution >= 0.6 is 0 Å². The summed E-state index contributed by atoms with van der Waals surface area (Å²) in [5.41, 5.74) is 5.96. The summed E-state index contributed by atoms with van der Waals surface area (Å²) in [6.45, 7) is 6.54. The fourth-order valence-corrected chi connectivity index (χ4v) is 2.79. The molecule has 0 amide bonds. The monoisotopic (exact) mass is 228 g/mol. The first kappa shape index (κ1) is 13.9. The molecule has 1 aliphatic rings. The highest BCUT2D eigenvalue weighted by molar-refractivity contribution is 4.83. The van der Waals surface area contributed by atoms with Gasteiger partial charge < -0.3 is 10.5 Å². The number of nitrogens with zero attached hydrogens (tertiary/aromatic N) is 1. The summed E-state index contributed by atoms with van der Waals surface area (Å²) in [7, 11) is 1.79. The Bertz CT molecular complexity index is 179. The third kappa shape index (κ3) is 4.04. The van der Waals surface area contributed by atoms with E-state index in [9.17, 15) is 0 Å². The molecule has 0 aromatic heterocycles. The van der Waals surface area contributed by atoms with Crippen molar-refractivity contribution in [1.82, 2.24) is 4.90 Å². The van der Waals surface area contributed by atoms with Crippen molar-refractivity contribution in [2.75, 3.05) is 20.3 Å². The molecule has 3 nitrogen and oxygen atoms in total. The Labute approximate surface area is 100 Å². The lowest BCUT2D eigenvalue weighted by molar-refractivity contribution is 0.0532. The van der Waals surface area contributed by atoms with Gasteiger partial charge >= 0.3 is 0 Å². The second kappa shape index (κ2) is 7.25. The van der Waals surface area contributed by atoms with Gasteiger partial charge in [0.25, 0.3) is 0 Å². The maximum atomic E-state index is 5.96. The van der Waals surface area contributed by atoms with Gasteiger partial charge in [0.1, 0.15) is 0 Å². The van der Waals surface area contributed by atoms with Gasteiger partial charge in [0, 0.05) is 25.2 Å². The first-order valence-electron chi connectivity index (χ1n) is 6.69. The van der Waals surface area contributed by atoms with Gasteiger partial charge in [-0.3, -0.25) is 4.90 Å². The normalized spacial score (nSPS) is 28.3. The molecule has 1 rings (SSSR count). The van der Waals surface area contributed by atoms with E-state index in [1.165, 1.54) is 38.6 Å². The van der Waals surface area contributed by atoms with Gasteiger partial charge in [0.2, 0.25) is 0 Å². The van der Waals surface area contributed by atoms with Crippen LogP contribution in [0.15, 0.2) is 0 Å². The third-order valence-corrected chi connectivity index (χ3v) is 3.67. The predicted molar refractivity (Wildman–Crippen MR) is 68.6 cm³/mol. The number of nitrogens with two attached hydrogens (primary N) is 1. The second-order valence-corrected chi connectivity index (χ2v) is 5.11. The average Bonchev–Trinajstić information content (AvgIpc) is 2.28. The molecule has 1 fully saturated rings. The number of ether oxygens (including phenoxy) is 1. The standard InChI is InChI=1S/C13H28N2O/c1-4-9-15(11(2)10-16-3)13-7-5-12(14)6-8-13/h11-13H,4-10,14H2,1-3H3. The highest BCUT2D eigenvalue weighted by Gasteiger charge is 2.26. The number of rotatable bonds is 6. The molecule has 3 heteroatoms. The van der Waals surface area contributed by atoms with Crippen LogP contribution in [0, 0.1) is 0 Å². The van der Waals surface area contributed by atoms with Crippen LogP contribution in [0.5, 0.6) is 0 Å². The van der Waals surface area contributed by atoms with Crippen molar-refractivity contribution in [3.63, 3.8) is 0 Å². The van der Waals surface area contributed by atoms with E-state index in [1.807, 2.05) is 0 Å². The minimum atomic E-state index is 0.442. The van der Waals surface area contributed by atoms with E-state index in [4.69, 9.17) is 10.5 Å². The zero-order chi connectivity index (χ0) is 12.0. The number of hydrogen-bond donors (Lipinski definition) is 1. The largest absolute Gasteiger partial charge is 0.383 e. The first-order chi connectivity index (χ1) is 7.69. The Hall–Kier alpha value is -0.120. The number of methoxy groups -OCH3 is 1. The third-order valence-electron chi connectivity index (χ3n) is 3.67. The summed E-state index contributed by atoms with van der Waals surface area (Å²) in [6.07, 6.45) is 6.11. The van der Waals surface area contributed by atoms with Crippen molar-refractivity contribution >= 4 is 0 Å². The molecule has 16 heavy (non-hydrogen) atoms. The van der Waals surface area contributed by atoms with Gasteiger partial charge in [-0.05, 0) is 45.6 Å². The van der Waals surface area contributed by atoms with Gasteiger partial charge in [-0.1, -0.05) is 6.92 Å². The van der Waals surface area contributed by atoms with Crippen LogP contribution in [0.1, 0.15) is 46.0 Å². The highest BCUT2D eigenvalue weighted by atomic mass is 16.5. The van der Waals surface area contributed by atoms with Crippen molar-refractivity contribution < 1.29 is 4.74 Å². The summed E-state index contributed by atoms with van der Waals surface area (Å²) in [6, 6.07) is 1.70. The molecule has 0 spiro atoms. The summed E-state index contributed by atoms with van der Waals surface area (Å²) in [4.78, 5) is 2.62. The van der Waals surface area contributed by atoms with E-state index in [1.54, 1.807) is 7.11 Å². The molecular formula is C13H28N2O. The molecular weight excluding hydrogens is 200 g/mol. The lowest BCUT2D eigenvalue weighted by Crippen LogP contribution is -2.47. The van der Waals surface area contributed by atoms with E-state index in [0.29, 0.717) is 12.1 Å². The van der Waals surface area contributed by atoms with Gasteiger partial charge in [-0.2, -0.15) is 0 Å². The molecule has 0 saturated heterocycles. The van der Waals surface area contributed by atoms with Crippen LogP contribution in [0.2, 0.25) is 0 Å². The minimum Gasteiger partial charge on any atom is -0.383 e. The molecule has 0 bridgehead atoms. The highest BCUT2D eigenvalue weighted by Crippen LogP contribution is 2.24. The van der Waals surface area contributed by atoms with Crippen LogP contribution in [-0.4, -0.2) is 43.3 Å². The zero-order valence-corrected chi connectivity index (χ0v) is 11.1. The van der Waals surface area contributed by atoms with Crippen molar-refractivity contribution in [3.05, 3.63) is 0 Å². The van der Waals surface area contributed by atoms with E-state index in [-0.39, 0.29) is 0 Å². The lowest BCUT2D eigenvalue weighted by atomic mass is 9.90. The molecule has 96 valence electrons. The van der Waals surface area contributed by atoms with Crippen LogP contribution in [-0.2, 0) is 4.74 Å². The molecule has 0 aromatic carbocycles. The zero-order valence-electron chi connectivity index (χ0n) is 11.1. The minimum absolute atomic E-state index is 0.442. The molecule has 0 radical (unpaired) electrons.